The Morgan fingerprint density at radius 3 is 2.31 bits per heavy atom. The number of nitrogens with zero attached hydrogens (tertiary/aromatic N) is 1. The molecule has 0 saturated heterocycles. The fourth-order valence-electron chi connectivity index (χ4n) is 5.66. The van der Waals surface area contributed by atoms with Crippen molar-refractivity contribution < 1.29 is 24.2 Å². The van der Waals surface area contributed by atoms with Crippen LogP contribution in [0.4, 0.5) is 4.79 Å². The molecule has 2 aromatic rings. The molecule has 3 aliphatic rings. The van der Waals surface area contributed by atoms with Gasteiger partial charge in [0.15, 0.2) is 0 Å². The minimum Gasteiger partial charge on any atom is -0.478 e. The number of amides is 2. The number of ether oxygens (including phenoxy) is 1. The zero-order valence-corrected chi connectivity index (χ0v) is 19.6. The molecule has 5 rings (SSSR count). The van der Waals surface area contributed by atoms with Gasteiger partial charge >= 0.3 is 12.1 Å². The van der Waals surface area contributed by atoms with Gasteiger partial charge in [0.25, 0.3) is 0 Å². The number of hydrogen-bond acceptors (Lipinski definition) is 4. The third-order valence-electron chi connectivity index (χ3n) is 7.51. The Morgan fingerprint density at radius 2 is 1.69 bits per heavy atom. The van der Waals surface area contributed by atoms with E-state index in [1.54, 1.807) is 11.0 Å². The third-order valence-corrected chi connectivity index (χ3v) is 7.51. The van der Waals surface area contributed by atoms with Gasteiger partial charge < -0.3 is 20.1 Å². The fraction of sp³-hybridized carbons (Fsp3) is 0.393. The average Bonchev–Trinajstić information content (AvgIpc) is 3.44. The number of nitrogens with one attached hydrogen (secondary N) is 1. The van der Waals surface area contributed by atoms with Gasteiger partial charge in [-0.3, -0.25) is 4.79 Å². The van der Waals surface area contributed by atoms with E-state index in [4.69, 9.17) is 9.84 Å². The maximum atomic E-state index is 12.6. The summed E-state index contributed by atoms with van der Waals surface area (Å²) in [7, 11) is 0. The van der Waals surface area contributed by atoms with E-state index in [1.807, 2.05) is 24.3 Å². The van der Waals surface area contributed by atoms with Gasteiger partial charge in [-0.1, -0.05) is 54.6 Å². The van der Waals surface area contributed by atoms with Gasteiger partial charge in [0.05, 0.1) is 0 Å². The molecule has 2 N–H and O–H groups in total. The molecule has 0 aromatic heterocycles. The second-order valence-electron chi connectivity index (χ2n) is 9.67. The van der Waals surface area contributed by atoms with E-state index in [0.717, 1.165) is 19.3 Å². The number of carbonyl (C=O) groups excluding carboxylic acids is 2. The van der Waals surface area contributed by atoms with Gasteiger partial charge in [0.1, 0.15) is 6.61 Å². The van der Waals surface area contributed by atoms with Crippen LogP contribution in [0.2, 0.25) is 0 Å². The molecule has 1 heterocycles. The lowest BCUT2D eigenvalue weighted by Crippen LogP contribution is -2.37. The van der Waals surface area contributed by atoms with Gasteiger partial charge in [-0.05, 0) is 53.9 Å². The van der Waals surface area contributed by atoms with Crippen molar-refractivity contribution in [1.29, 1.82) is 0 Å². The molecule has 7 heteroatoms. The van der Waals surface area contributed by atoms with E-state index < -0.39 is 12.1 Å². The highest BCUT2D eigenvalue weighted by molar-refractivity contribution is 5.87. The van der Waals surface area contributed by atoms with Crippen LogP contribution in [-0.4, -0.2) is 53.7 Å². The van der Waals surface area contributed by atoms with Crippen LogP contribution in [0, 0.1) is 5.92 Å². The number of benzene rings is 2. The first kappa shape index (κ1) is 23.1. The SMILES string of the molecule is O=C(NC1CCC(CC(=O)N2CC=C(C(=O)O)CC2)C1)OCC1c2ccccc2-c2ccccc21. The number of fused-ring (bicyclic) bond motifs is 3. The van der Waals surface area contributed by atoms with E-state index in [1.165, 1.54) is 22.3 Å². The quantitative estimate of drug-likeness (QED) is 0.650. The summed E-state index contributed by atoms with van der Waals surface area (Å²) in [6, 6.07) is 16.5. The van der Waals surface area contributed by atoms with Crippen molar-refractivity contribution in [1.82, 2.24) is 10.2 Å². The van der Waals surface area contributed by atoms with Crippen LogP contribution in [0.1, 0.15) is 49.1 Å². The second-order valence-corrected chi connectivity index (χ2v) is 9.67. The number of carboxylic acid groups (broad SMARTS) is 1. The first-order chi connectivity index (χ1) is 17.0. The zero-order valence-electron chi connectivity index (χ0n) is 19.6. The summed E-state index contributed by atoms with van der Waals surface area (Å²) in [5.41, 5.74) is 5.14. The van der Waals surface area contributed by atoms with Crippen LogP contribution < -0.4 is 5.32 Å². The highest BCUT2D eigenvalue weighted by Crippen LogP contribution is 2.44. The first-order valence-corrected chi connectivity index (χ1v) is 12.3. The zero-order chi connectivity index (χ0) is 24.4. The molecule has 1 saturated carbocycles. The summed E-state index contributed by atoms with van der Waals surface area (Å²) in [4.78, 5) is 38.0. The third kappa shape index (κ3) is 4.94. The average molecular weight is 475 g/mol. The molecule has 1 fully saturated rings. The van der Waals surface area contributed by atoms with Gasteiger partial charge in [-0.2, -0.15) is 0 Å². The van der Waals surface area contributed by atoms with E-state index in [9.17, 15) is 14.4 Å². The predicted molar refractivity (Wildman–Crippen MR) is 131 cm³/mol. The molecule has 2 atom stereocenters. The lowest BCUT2D eigenvalue weighted by molar-refractivity contribution is -0.135. The lowest BCUT2D eigenvalue weighted by atomic mass is 9.98. The van der Waals surface area contributed by atoms with Crippen molar-refractivity contribution in [2.24, 2.45) is 5.92 Å². The molecule has 2 unspecified atom stereocenters. The molecule has 2 aromatic carbocycles. The monoisotopic (exact) mass is 474 g/mol. The van der Waals surface area contributed by atoms with Crippen molar-refractivity contribution >= 4 is 18.0 Å². The Hall–Kier alpha value is -3.61. The number of aliphatic carboxylic acids is 1. The molecule has 0 bridgehead atoms. The highest BCUT2D eigenvalue weighted by Gasteiger charge is 2.32. The second kappa shape index (κ2) is 9.94. The Balaban J connectivity index is 1.09. The first-order valence-electron chi connectivity index (χ1n) is 12.3. The molecule has 1 aliphatic heterocycles. The number of rotatable bonds is 6. The minimum absolute atomic E-state index is 0.00307. The highest BCUT2D eigenvalue weighted by atomic mass is 16.5. The van der Waals surface area contributed by atoms with Crippen LogP contribution in [0.25, 0.3) is 11.1 Å². The summed E-state index contributed by atoms with van der Waals surface area (Å²) in [6.45, 7) is 1.09. The minimum atomic E-state index is -0.907. The summed E-state index contributed by atoms with van der Waals surface area (Å²) in [6.07, 6.45) is 4.48. The van der Waals surface area contributed by atoms with Gasteiger partial charge in [-0.25, -0.2) is 9.59 Å². The smallest absolute Gasteiger partial charge is 0.407 e. The van der Waals surface area contributed by atoms with E-state index in [2.05, 4.69) is 29.6 Å². The molecule has 2 aliphatic carbocycles. The van der Waals surface area contributed by atoms with Crippen molar-refractivity contribution in [3.8, 4) is 11.1 Å². The van der Waals surface area contributed by atoms with Gasteiger partial charge in [0.2, 0.25) is 5.91 Å². The van der Waals surface area contributed by atoms with Crippen LogP contribution in [-0.2, 0) is 14.3 Å². The van der Waals surface area contributed by atoms with Crippen LogP contribution >= 0.6 is 0 Å². The molecular formula is C28H30N2O5. The molecular weight excluding hydrogens is 444 g/mol. The van der Waals surface area contributed by atoms with E-state index in [0.29, 0.717) is 31.5 Å². The number of carboxylic acids is 1. The Bertz CT molecular complexity index is 1130. The molecule has 182 valence electrons. The van der Waals surface area contributed by atoms with Gasteiger partial charge in [-0.15, -0.1) is 0 Å². The molecule has 0 radical (unpaired) electrons. The fourth-order valence-corrected chi connectivity index (χ4v) is 5.66. The van der Waals surface area contributed by atoms with E-state index >= 15 is 0 Å². The summed E-state index contributed by atoms with van der Waals surface area (Å²) in [5.74, 6) is -0.610. The maximum absolute atomic E-state index is 12.6. The number of alkyl carbamates (subject to hydrolysis) is 1. The standard InChI is InChI=1S/C28H30N2O5/c31-26(30-13-11-19(12-14-30)27(32)33)16-18-9-10-20(15-18)29-28(34)35-17-25-23-7-3-1-5-21(23)22-6-2-4-8-24(22)25/h1-8,11,18,20,25H,9-10,12-17H2,(H,29,34)(H,32,33). The summed E-state index contributed by atoms with van der Waals surface area (Å²) >= 11 is 0. The molecule has 35 heavy (non-hydrogen) atoms. The number of hydrogen-bond donors (Lipinski definition) is 2. The molecule has 2 amide bonds. The Kier molecular flexibility index (Phi) is 6.57. The van der Waals surface area contributed by atoms with E-state index in [-0.39, 0.29) is 30.4 Å². The predicted octanol–water partition coefficient (Wildman–Crippen LogP) is 4.33. The molecule has 7 nitrogen and oxygen atoms in total. The van der Waals surface area contributed by atoms with Crippen LogP contribution in [0.15, 0.2) is 60.2 Å². The van der Waals surface area contributed by atoms with Crippen LogP contribution in [0.3, 0.4) is 0 Å². The molecule has 0 spiro atoms. The Labute approximate surface area is 204 Å². The summed E-state index contributed by atoms with van der Waals surface area (Å²) in [5, 5.41) is 12.1. The van der Waals surface area contributed by atoms with Crippen molar-refractivity contribution in [3.05, 3.63) is 71.3 Å². The maximum Gasteiger partial charge on any atom is 0.407 e. The Morgan fingerprint density at radius 1 is 1.00 bits per heavy atom. The van der Waals surface area contributed by atoms with Crippen LogP contribution in [0.5, 0.6) is 0 Å². The lowest BCUT2D eigenvalue weighted by Gasteiger charge is -2.26. The summed E-state index contributed by atoms with van der Waals surface area (Å²) < 4.78 is 5.66. The van der Waals surface area contributed by atoms with Crippen molar-refractivity contribution in [2.75, 3.05) is 19.7 Å². The largest absolute Gasteiger partial charge is 0.478 e. The topological polar surface area (TPSA) is 95.9 Å². The van der Waals surface area contributed by atoms with Crippen molar-refractivity contribution in [3.63, 3.8) is 0 Å². The van der Waals surface area contributed by atoms with Gasteiger partial charge in [0, 0.05) is 37.0 Å². The van der Waals surface area contributed by atoms with Crippen molar-refractivity contribution in [2.45, 2.75) is 44.1 Å². The number of carbonyl (C=O) groups is 3. The normalized spacial score (nSPS) is 21.1.